The Hall–Kier alpha value is -2.15. The van der Waals surface area contributed by atoms with E-state index in [1.165, 1.54) is 6.42 Å². The number of rotatable bonds is 5. The lowest BCUT2D eigenvalue weighted by Gasteiger charge is -2.63. The number of aryl methyl sites for hydroxylation is 1. The summed E-state index contributed by atoms with van der Waals surface area (Å²) in [4.78, 5) is 25.1. The van der Waals surface area contributed by atoms with Crippen LogP contribution in [0.3, 0.4) is 0 Å². The number of fused-ring (bicyclic) bond motifs is 1. The monoisotopic (exact) mass is 359 g/mol. The molecule has 0 aromatic heterocycles. The number of anilines is 2. The zero-order valence-corrected chi connectivity index (χ0v) is 15.3. The van der Waals surface area contributed by atoms with Gasteiger partial charge in [0.25, 0.3) is 5.69 Å². The first kappa shape index (κ1) is 17.3. The summed E-state index contributed by atoms with van der Waals surface area (Å²) in [6.07, 6.45) is 5.49. The van der Waals surface area contributed by atoms with Gasteiger partial charge in [-0.05, 0) is 44.2 Å². The quantitative estimate of drug-likeness (QED) is 0.644. The van der Waals surface area contributed by atoms with Crippen molar-refractivity contribution in [3.05, 3.63) is 27.8 Å². The van der Waals surface area contributed by atoms with E-state index >= 15 is 0 Å². The van der Waals surface area contributed by atoms with Gasteiger partial charge in [0, 0.05) is 43.3 Å². The number of ether oxygens (including phenoxy) is 1. The van der Waals surface area contributed by atoms with Gasteiger partial charge in [-0.1, -0.05) is 6.42 Å². The molecule has 0 radical (unpaired) electrons. The third kappa shape index (κ3) is 2.48. The van der Waals surface area contributed by atoms with E-state index in [-0.39, 0.29) is 34.1 Å². The van der Waals surface area contributed by atoms with Gasteiger partial charge in [0.1, 0.15) is 5.69 Å². The summed E-state index contributed by atoms with van der Waals surface area (Å²) in [7, 11) is 1.94. The van der Waals surface area contributed by atoms with Gasteiger partial charge in [-0.15, -0.1) is 0 Å². The highest BCUT2D eigenvalue weighted by Gasteiger charge is 2.60. The highest BCUT2D eigenvalue weighted by Crippen LogP contribution is 2.59. The molecule has 2 aliphatic carbocycles. The topological polar surface area (TPSA) is 84.7 Å². The smallest absolute Gasteiger partial charge is 0.292 e. The Bertz CT molecular complexity index is 759. The van der Waals surface area contributed by atoms with Crippen LogP contribution in [0.1, 0.15) is 44.6 Å². The number of amides is 1. The minimum absolute atomic E-state index is 0.0320. The Morgan fingerprint density at radius 2 is 2.15 bits per heavy atom. The molecule has 2 atom stereocenters. The van der Waals surface area contributed by atoms with Crippen LogP contribution in [0.4, 0.5) is 17.1 Å². The van der Waals surface area contributed by atoms with E-state index < -0.39 is 0 Å². The number of hydrogen-bond donors (Lipinski definition) is 1. The molecule has 140 valence electrons. The van der Waals surface area contributed by atoms with Gasteiger partial charge >= 0.3 is 0 Å². The second kappa shape index (κ2) is 6.23. The van der Waals surface area contributed by atoms with E-state index in [4.69, 9.17) is 4.74 Å². The van der Waals surface area contributed by atoms with Gasteiger partial charge < -0.3 is 15.0 Å². The van der Waals surface area contributed by atoms with Gasteiger partial charge in [-0.2, -0.15) is 0 Å². The molecule has 1 heterocycles. The van der Waals surface area contributed by atoms with Gasteiger partial charge in [-0.3, -0.25) is 14.9 Å². The normalized spacial score (nSPS) is 25.7. The van der Waals surface area contributed by atoms with Gasteiger partial charge in [0.05, 0.1) is 11.0 Å². The van der Waals surface area contributed by atoms with Crippen molar-refractivity contribution >= 4 is 23.0 Å². The number of hydrogen-bond acceptors (Lipinski definition) is 5. The average molecular weight is 359 g/mol. The summed E-state index contributed by atoms with van der Waals surface area (Å²) in [6.45, 7) is 2.72. The van der Waals surface area contributed by atoms with Crippen molar-refractivity contribution in [3.8, 4) is 0 Å². The van der Waals surface area contributed by atoms with Crippen molar-refractivity contribution < 1.29 is 14.5 Å². The Morgan fingerprint density at radius 1 is 1.38 bits per heavy atom. The predicted octanol–water partition coefficient (Wildman–Crippen LogP) is 3.26. The molecule has 3 aliphatic rings. The first-order chi connectivity index (χ1) is 12.5. The van der Waals surface area contributed by atoms with Crippen LogP contribution < -0.4 is 10.2 Å². The number of nitro benzene ring substituents is 1. The lowest BCUT2D eigenvalue weighted by atomic mass is 9.50. The third-order valence-electron chi connectivity index (χ3n) is 6.53. The molecule has 0 bridgehead atoms. The maximum absolute atomic E-state index is 11.7. The minimum atomic E-state index is -0.311. The van der Waals surface area contributed by atoms with Crippen LogP contribution in [0.15, 0.2) is 12.1 Å². The standard InChI is InChI=1S/C19H25N3O4/c1-3-26-17-11-16(19(17)7-4-8-19)21(2)14-10-13-12(5-6-18(23)20-13)9-15(14)22(24)25/h9-10,16-17H,3-8,11H2,1-2H3,(H,20,23)/t16-,17-/m0/s1. The number of nitrogens with zero attached hydrogens (tertiary/aromatic N) is 2. The molecule has 0 saturated heterocycles. The van der Waals surface area contributed by atoms with Crippen LogP contribution in [0, 0.1) is 15.5 Å². The fourth-order valence-electron chi connectivity index (χ4n) is 4.95. The Morgan fingerprint density at radius 3 is 2.77 bits per heavy atom. The van der Waals surface area contributed by atoms with Crippen molar-refractivity contribution in [2.24, 2.45) is 5.41 Å². The highest BCUT2D eigenvalue weighted by atomic mass is 16.6. The highest BCUT2D eigenvalue weighted by molar-refractivity contribution is 5.95. The van der Waals surface area contributed by atoms with Crippen molar-refractivity contribution in [2.75, 3.05) is 23.9 Å². The molecule has 2 fully saturated rings. The molecule has 1 aliphatic heterocycles. The minimum Gasteiger partial charge on any atom is -0.378 e. The molecule has 1 N–H and O–H groups in total. The third-order valence-corrected chi connectivity index (χ3v) is 6.53. The Balaban J connectivity index is 1.67. The molecule has 26 heavy (non-hydrogen) atoms. The molecule has 7 nitrogen and oxygen atoms in total. The Labute approximate surface area is 152 Å². The fourth-order valence-corrected chi connectivity index (χ4v) is 4.95. The maximum atomic E-state index is 11.7. The van der Waals surface area contributed by atoms with E-state index in [0.29, 0.717) is 30.8 Å². The molecule has 1 spiro atoms. The average Bonchev–Trinajstić information content (AvgIpc) is 2.55. The fraction of sp³-hybridized carbons (Fsp3) is 0.632. The first-order valence-corrected chi connectivity index (χ1v) is 9.42. The Kier molecular flexibility index (Phi) is 4.14. The molecule has 2 saturated carbocycles. The van der Waals surface area contributed by atoms with Crippen LogP contribution in [-0.2, 0) is 16.0 Å². The number of benzene rings is 1. The van der Waals surface area contributed by atoms with E-state index in [9.17, 15) is 14.9 Å². The molecule has 1 amide bonds. The largest absolute Gasteiger partial charge is 0.378 e. The molecular weight excluding hydrogens is 334 g/mol. The second-order valence-electron chi connectivity index (χ2n) is 7.70. The zero-order valence-electron chi connectivity index (χ0n) is 15.3. The van der Waals surface area contributed by atoms with Crippen molar-refractivity contribution in [1.82, 2.24) is 0 Å². The van der Waals surface area contributed by atoms with Crippen LogP contribution in [0.2, 0.25) is 0 Å². The number of nitro groups is 1. The first-order valence-electron chi connectivity index (χ1n) is 9.42. The zero-order chi connectivity index (χ0) is 18.5. The maximum Gasteiger partial charge on any atom is 0.292 e. The predicted molar refractivity (Wildman–Crippen MR) is 98.6 cm³/mol. The van der Waals surface area contributed by atoms with E-state index in [2.05, 4.69) is 5.32 Å². The van der Waals surface area contributed by atoms with Crippen LogP contribution in [-0.4, -0.2) is 36.6 Å². The lowest BCUT2D eigenvalue weighted by Crippen LogP contribution is -2.67. The van der Waals surface area contributed by atoms with Gasteiger partial charge in [0.2, 0.25) is 5.91 Å². The SMILES string of the molecule is CCO[C@H]1C[C@H](N(C)c2cc3c(cc2[N+](=O)[O-])CCC(=O)N3)C12CCC2. The molecule has 0 unspecified atom stereocenters. The number of nitrogens with one attached hydrogen (secondary N) is 1. The van der Waals surface area contributed by atoms with Crippen molar-refractivity contribution in [1.29, 1.82) is 0 Å². The van der Waals surface area contributed by atoms with Gasteiger partial charge in [0.15, 0.2) is 0 Å². The van der Waals surface area contributed by atoms with Crippen LogP contribution >= 0.6 is 0 Å². The molecule has 7 heteroatoms. The summed E-state index contributed by atoms with van der Waals surface area (Å²) in [5.74, 6) is -0.0320. The molecule has 1 aromatic carbocycles. The van der Waals surface area contributed by atoms with Crippen molar-refractivity contribution in [3.63, 3.8) is 0 Å². The van der Waals surface area contributed by atoms with Crippen molar-refractivity contribution in [2.45, 2.75) is 57.6 Å². The summed E-state index contributed by atoms with van der Waals surface area (Å²) in [5.41, 5.74) is 2.38. The summed E-state index contributed by atoms with van der Waals surface area (Å²) in [5, 5.41) is 14.5. The second-order valence-corrected chi connectivity index (χ2v) is 7.70. The van der Waals surface area contributed by atoms with E-state index in [1.807, 2.05) is 18.9 Å². The van der Waals surface area contributed by atoms with Crippen LogP contribution in [0.5, 0.6) is 0 Å². The number of carbonyl (C=O) groups excluding carboxylic acids is 1. The van der Waals surface area contributed by atoms with Crippen LogP contribution in [0.25, 0.3) is 0 Å². The summed E-state index contributed by atoms with van der Waals surface area (Å²) in [6, 6.07) is 3.65. The summed E-state index contributed by atoms with van der Waals surface area (Å²) < 4.78 is 5.92. The lowest BCUT2D eigenvalue weighted by molar-refractivity contribution is -0.384. The van der Waals surface area contributed by atoms with E-state index in [0.717, 1.165) is 24.8 Å². The molecule has 4 rings (SSSR count). The number of carbonyl (C=O) groups is 1. The van der Waals surface area contributed by atoms with Gasteiger partial charge in [-0.25, -0.2) is 0 Å². The molecular formula is C19H25N3O4. The summed E-state index contributed by atoms with van der Waals surface area (Å²) >= 11 is 0. The molecule has 1 aromatic rings. The van der Waals surface area contributed by atoms with E-state index in [1.54, 1.807) is 12.1 Å².